The fourth-order valence-corrected chi connectivity index (χ4v) is 1.73. The fourth-order valence-electron chi connectivity index (χ4n) is 1.73. The van der Waals surface area contributed by atoms with Gasteiger partial charge in [-0.05, 0) is 43.7 Å². The molecule has 0 bridgehead atoms. The van der Waals surface area contributed by atoms with Crippen LogP contribution in [0, 0.1) is 12.7 Å². The standard InChI is InChI=1S/C12H13FN2/c1-7-5-9-6-10(13)3-4-11(9)15-12(7)8(2)14/h3-6,8H,14H2,1-2H3/t8-/m0/s1. The molecule has 0 aliphatic heterocycles. The average Bonchev–Trinajstić information content (AvgIpc) is 2.15. The predicted octanol–water partition coefficient (Wildman–Crippen LogP) is 2.70. The smallest absolute Gasteiger partial charge is 0.123 e. The van der Waals surface area contributed by atoms with Crippen molar-refractivity contribution >= 4 is 10.9 Å². The Labute approximate surface area is 87.9 Å². The SMILES string of the molecule is Cc1cc2cc(F)ccc2nc1[C@H](C)N. The minimum atomic E-state index is -0.239. The number of hydrogen-bond acceptors (Lipinski definition) is 2. The first-order valence-electron chi connectivity index (χ1n) is 4.90. The van der Waals surface area contributed by atoms with Crippen molar-refractivity contribution in [3.8, 4) is 0 Å². The topological polar surface area (TPSA) is 38.9 Å². The zero-order chi connectivity index (χ0) is 11.0. The molecule has 1 heterocycles. The first-order valence-corrected chi connectivity index (χ1v) is 4.90. The maximum atomic E-state index is 13.0. The molecule has 0 fully saturated rings. The van der Waals surface area contributed by atoms with Gasteiger partial charge in [0.2, 0.25) is 0 Å². The van der Waals surface area contributed by atoms with Crippen LogP contribution in [0.15, 0.2) is 24.3 Å². The quantitative estimate of drug-likeness (QED) is 0.775. The molecular weight excluding hydrogens is 191 g/mol. The van der Waals surface area contributed by atoms with Crippen molar-refractivity contribution in [2.24, 2.45) is 5.73 Å². The summed E-state index contributed by atoms with van der Waals surface area (Å²) in [6, 6.07) is 6.40. The van der Waals surface area contributed by atoms with Gasteiger partial charge >= 0.3 is 0 Å². The van der Waals surface area contributed by atoms with E-state index in [0.717, 1.165) is 22.2 Å². The van der Waals surface area contributed by atoms with Gasteiger partial charge in [0.1, 0.15) is 5.82 Å². The Morgan fingerprint density at radius 1 is 1.33 bits per heavy atom. The van der Waals surface area contributed by atoms with Gasteiger partial charge in [-0.1, -0.05) is 0 Å². The molecule has 3 heteroatoms. The van der Waals surface area contributed by atoms with E-state index < -0.39 is 0 Å². The lowest BCUT2D eigenvalue weighted by Crippen LogP contribution is -2.09. The number of rotatable bonds is 1. The van der Waals surface area contributed by atoms with Crippen LogP contribution in [-0.2, 0) is 0 Å². The lowest BCUT2D eigenvalue weighted by molar-refractivity contribution is 0.629. The molecule has 0 saturated carbocycles. The van der Waals surface area contributed by atoms with Crippen molar-refractivity contribution in [2.75, 3.05) is 0 Å². The number of hydrogen-bond donors (Lipinski definition) is 1. The van der Waals surface area contributed by atoms with Crippen LogP contribution in [-0.4, -0.2) is 4.98 Å². The molecule has 1 aromatic carbocycles. The maximum absolute atomic E-state index is 13.0. The van der Waals surface area contributed by atoms with E-state index in [-0.39, 0.29) is 11.9 Å². The van der Waals surface area contributed by atoms with Gasteiger partial charge in [0.25, 0.3) is 0 Å². The lowest BCUT2D eigenvalue weighted by atomic mass is 10.1. The Hall–Kier alpha value is -1.48. The second-order valence-corrected chi connectivity index (χ2v) is 3.82. The van der Waals surface area contributed by atoms with E-state index >= 15 is 0 Å². The summed E-state index contributed by atoms with van der Waals surface area (Å²) in [6.45, 7) is 3.83. The van der Waals surface area contributed by atoms with Crippen molar-refractivity contribution in [3.05, 3.63) is 41.3 Å². The van der Waals surface area contributed by atoms with Crippen molar-refractivity contribution in [3.63, 3.8) is 0 Å². The number of pyridine rings is 1. The third-order valence-electron chi connectivity index (χ3n) is 2.44. The third kappa shape index (κ3) is 1.83. The van der Waals surface area contributed by atoms with E-state index in [1.165, 1.54) is 12.1 Å². The molecule has 0 aliphatic rings. The molecule has 15 heavy (non-hydrogen) atoms. The highest BCUT2D eigenvalue weighted by Gasteiger charge is 2.07. The first-order chi connectivity index (χ1) is 7.08. The second kappa shape index (κ2) is 3.59. The van der Waals surface area contributed by atoms with Crippen molar-refractivity contribution in [2.45, 2.75) is 19.9 Å². The van der Waals surface area contributed by atoms with Crippen LogP contribution in [0.2, 0.25) is 0 Å². The van der Waals surface area contributed by atoms with E-state index in [0.29, 0.717) is 0 Å². The molecule has 78 valence electrons. The number of fused-ring (bicyclic) bond motifs is 1. The molecule has 2 rings (SSSR count). The average molecular weight is 204 g/mol. The van der Waals surface area contributed by atoms with Crippen LogP contribution in [0.25, 0.3) is 10.9 Å². The molecule has 1 aromatic heterocycles. The van der Waals surface area contributed by atoms with E-state index in [4.69, 9.17) is 5.73 Å². The van der Waals surface area contributed by atoms with Crippen molar-refractivity contribution in [1.82, 2.24) is 4.98 Å². The molecule has 0 amide bonds. The monoisotopic (exact) mass is 204 g/mol. The van der Waals surface area contributed by atoms with Gasteiger partial charge in [0.15, 0.2) is 0 Å². The summed E-state index contributed by atoms with van der Waals surface area (Å²) in [5, 5.41) is 0.817. The zero-order valence-electron chi connectivity index (χ0n) is 8.79. The first kappa shape index (κ1) is 10.1. The van der Waals surface area contributed by atoms with E-state index in [1.54, 1.807) is 6.07 Å². The summed E-state index contributed by atoms with van der Waals surface area (Å²) in [5.41, 5.74) is 8.46. The van der Waals surface area contributed by atoms with E-state index in [1.807, 2.05) is 19.9 Å². The van der Waals surface area contributed by atoms with Gasteiger partial charge in [-0.25, -0.2) is 4.39 Å². The number of halogens is 1. The number of nitrogens with zero attached hydrogens (tertiary/aromatic N) is 1. The third-order valence-corrected chi connectivity index (χ3v) is 2.44. The van der Waals surface area contributed by atoms with Crippen LogP contribution < -0.4 is 5.73 Å². The number of aromatic nitrogens is 1. The Bertz CT molecular complexity index is 506. The Balaban J connectivity index is 2.71. The molecular formula is C12H13FN2. The Kier molecular flexibility index (Phi) is 2.40. The highest BCUT2D eigenvalue weighted by atomic mass is 19.1. The molecule has 0 aliphatic carbocycles. The van der Waals surface area contributed by atoms with Gasteiger partial charge in [-0.3, -0.25) is 4.98 Å². The molecule has 0 radical (unpaired) electrons. The maximum Gasteiger partial charge on any atom is 0.123 e. The molecule has 2 aromatic rings. The van der Waals surface area contributed by atoms with Gasteiger partial charge in [-0.15, -0.1) is 0 Å². The van der Waals surface area contributed by atoms with E-state index in [2.05, 4.69) is 4.98 Å². The van der Waals surface area contributed by atoms with Crippen LogP contribution in [0.1, 0.15) is 24.2 Å². The van der Waals surface area contributed by atoms with Crippen LogP contribution in [0.4, 0.5) is 4.39 Å². The summed E-state index contributed by atoms with van der Waals surface area (Å²) >= 11 is 0. The van der Waals surface area contributed by atoms with Crippen LogP contribution in [0.3, 0.4) is 0 Å². The van der Waals surface area contributed by atoms with Gasteiger partial charge in [-0.2, -0.15) is 0 Å². The molecule has 2 nitrogen and oxygen atoms in total. The van der Waals surface area contributed by atoms with E-state index in [9.17, 15) is 4.39 Å². The summed E-state index contributed by atoms with van der Waals surface area (Å²) in [5.74, 6) is -0.239. The summed E-state index contributed by atoms with van der Waals surface area (Å²) in [4.78, 5) is 4.42. The largest absolute Gasteiger partial charge is 0.323 e. The van der Waals surface area contributed by atoms with Gasteiger partial charge in [0, 0.05) is 11.4 Å². The normalized spacial score (nSPS) is 13.1. The molecule has 1 atom stereocenters. The molecule has 0 saturated heterocycles. The molecule has 0 unspecified atom stereocenters. The van der Waals surface area contributed by atoms with Crippen molar-refractivity contribution in [1.29, 1.82) is 0 Å². The molecule has 0 spiro atoms. The molecule has 2 N–H and O–H groups in total. The number of benzene rings is 1. The Morgan fingerprint density at radius 2 is 2.07 bits per heavy atom. The van der Waals surface area contributed by atoms with Crippen LogP contribution in [0.5, 0.6) is 0 Å². The number of aryl methyl sites for hydroxylation is 1. The highest BCUT2D eigenvalue weighted by Crippen LogP contribution is 2.20. The van der Waals surface area contributed by atoms with Crippen molar-refractivity contribution < 1.29 is 4.39 Å². The minimum absolute atomic E-state index is 0.0977. The summed E-state index contributed by atoms with van der Waals surface area (Å²) in [7, 11) is 0. The van der Waals surface area contributed by atoms with Gasteiger partial charge < -0.3 is 5.73 Å². The highest BCUT2D eigenvalue weighted by molar-refractivity contribution is 5.79. The summed E-state index contributed by atoms with van der Waals surface area (Å²) in [6.07, 6.45) is 0. The van der Waals surface area contributed by atoms with Gasteiger partial charge in [0.05, 0.1) is 11.2 Å². The lowest BCUT2D eigenvalue weighted by Gasteiger charge is -2.10. The minimum Gasteiger partial charge on any atom is -0.323 e. The Morgan fingerprint density at radius 3 is 2.73 bits per heavy atom. The fraction of sp³-hybridized carbons (Fsp3) is 0.250. The predicted molar refractivity (Wildman–Crippen MR) is 59.0 cm³/mol. The zero-order valence-corrected chi connectivity index (χ0v) is 8.79. The summed E-state index contributed by atoms with van der Waals surface area (Å²) < 4.78 is 13.0. The van der Waals surface area contributed by atoms with Crippen LogP contribution >= 0.6 is 0 Å². The second-order valence-electron chi connectivity index (χ2n) is 3.82. The number of nitrogens with two attached hydrogens (primary N) is 1.